The molecule has 1 atom stereocenters. The van der Waals surface area contributed by atoms with Crippen LogP contribution >= 0.6 is 15.9 Å². The third kappa shape index (κ3) is 4.39. The highest BCUT2D eigenvalue weighted by molar-refractivity contribution is 9.10. The van der Waals surface area contributed by atoms with Crippen LogP contribution in [0.5, 0.6) is 0 Å². The molecule has 1 unspecified atom stereocenters. The van der Waals surface area contributed by atoms with Crippen LogP contribution in [0.4, 0.5) is 5.69 Å². The molecule has 0 bridgehead atoms. The van der Waals surface area contributed by atoms with E-state index in [0.717, 1.165) is 10.9 Å². The van der Waals surface area contributed by atoms with Gasteiger partial charge in [0.25, 0.3) is 0 Å². The van der Waals surface area contributed by atoms with Crippen molar-refractivity contribution in [1.82, 2.24) is 0 Å². The number of rotatable bonds is 6. The largest absolute Gasteiger partial charge is 0.378 e. The zero-order valence-corrected chi connectivity index (χ0v) is 12.9. The second-order valence-electron chi connectivity index (χ2n) is 4.76. The summed E-state index contributed by atoms with van der Waals surface area (Å²) in [6.45, 7) is 2.24. The van der Waals surface area contributed by atoms with Gasteiger partial charge in [-0.05, 0) is 36.2 Å². The maximum atomic E-state index is 3.64. The molecule has 0 saturated heterocycles. The Morgan fingerprint density at radius 2 is 1.68 bits per heavy atom. The first-order valence-corrected chi connectivity index (χ1v) is 7.66. The maximum absolute atomic E-state index is 3.64. The second-order valence-corrected chi connectivity index (χ2v) is 5.67. The second kappa shape index (κ2) is 7.34. The summed E-state index contributed by atoms with van der Waals surface area (Å²) in [4.78, 5) is 0. The van der Waals surface area contributed by atoms with E-state index in [-0.39, 0.29) is 0 Å². The molecule has 0 saturated carbocycles. The molecule has 0 aromatic heterocycles. The van der Waals surface area contributed by atoms with E-state index in [1.165, 1.54) is 24.1 Å². The highest BCUT2D eigenvalue weighted by atomic mass is 79.9. The Bertz CT molecular complexity index is 478. The van der Waals surface area contributed by atoms with E-state index in [4.69, 9.17) is 0 Å². The van der Waals surface area contributed by atoms with Gasteiger partial charge in [0, 0.05) is 10.2 Å². The summed E-state index contributed by atoms with van der Waals surface area (Å²) in [5.74, 6) is 0. The number of hydrogen-bond donors (Lipinski definition) is 1. The highest BCUT2D eigenvalue weighted by Crippen LogP contribution is 2.25. The molecule has 0 aliphatic rings. The number of benzene rings is 2. The smallest absolute Gasteiger partial charge is 0.0513 e. The van der Waals surface area contributed by atoms with E-state index in [2.05, 4.69) is 82.8 Å². The third-order valence-electron chi connectivity index (χ3n) is 3.23. The van der Waals surface area contributed by atoms with Gasteiger partial charge in [-0.25, -0.2) is 0 Å². The molecule has 0 aliphatic heterocycles. The average Bonchev–Trinajstić information content (AvgIpc) is 2.46. The van der Waals surface area contributed by atoms with Gasteiger partial charge in [-0.15, -0.1) is 0 Å². The molecular weight excluding hydrogens is 298 g/mol. The van der Waals surface area contributed by atoms with Crippen LogP contribution < -0.4 is 5.32 Å². The van der Waals surface area contributed by atoms with Crippen LogP contribution in [0.15, 0.2) is 59.1 Å². The Labute approximate surface area is 124 Å². The van der Waals surface area contributed by atoms with Crippen LogP contribution in [-0.2, 0) is 0 Å². The van der Waals surface area contributed by atoms with Crippen molar-refractivity contribution in [2.45, 2.75) is 32.2 Å². The minimum absolute atomic E-state index is 0.391. The standard InChI is InChI=1S/C17H20BrN/c1-2-3-9-17(14-7-5-4-6-8-14)19-16-12-10-15(18)11-13-16/h4-8,10-13,17,19H,2-3,9H2,1H3. The summed E-state index contributed by atoms with van der Waals surface area (Å²) in [5.41, 5.74) is 2.53. The lowest BCUT2D eigenvalue weighted by atomic mass is 10.0. The molecule has 100 valence electrons. The van der Waals surface area contributed by atoms with E-state index in [1.807, 2.05) is 0 Å². The summed E-state index contributed by atoms with van der Waals surface area (Å²) in [6.07, 6.45) is 3.63. The van der Waals surface area contributed by atoms with Crippen molar-refractivity contribution < 1.29 is 0 Å². The number of anilines is 1. The first kappa shape index (κ1) is 14.1. The Kier molecular flexibility index (Phi) is 5.46. The van der Waals surface area contributed by atoms with E-state index in [0.29, 0.717) is 6.04 Å². The van der Waals surface area contributed by atoms with E-state index < -0.39 is 0 Å². The van der Waals surface area contributed by atoms with E-state index in [1.54, 1.807) is 0 Å². The summed E-state index contributed by atoms with van der Waals surface area (Å²) < 4.78 is 1.11. The molecule has 2 heteroatoms. The van der Waals surface area contributed by atoms with Crippen molar-refractivity contribution in [3.05, 3.63) is 64.6 Å². The van der Waals surface area contributed by atoms with Crippen molar-refractivity contribution >= 4 is 21.6 Å². The van der Waals surface area contributed by atoms with Gasteiger partial charge in [-0.2, -0.15) is 0 Å². The molecule has 1 nitrogen and oxygen atoms in total. The lowest BCUT2D eigenvalue weighted by Crippen LogP contribution is -2.10. The molecule has 0 spiro atoms. The molecule has 2 aromatic carbocycles. The molecule has 0 aliphatic carbocycles. The highest BCUT2D eigenvalue weighted by Gasteiger charge is 2.10. The zero-order valence-electron chi connectivity index (χ0n) is 11.3. The van der Waals surface area contributed by atoms with Crippen molar-refractivity contribution in [2.24, 2.45) is 0 Å². The van der Waals surface area contributed by atoms with Crippen LogP contribution in [0.1, 0.15) is 37.8 Å². The van der Waals surface area contributed by atoms with Crippen molar-refractivity contribution in [3.63, 3.8) is 0 Å². The Hall–Kier alpha value is -1.28. The fourth-order valence-electron chi connectivity index (χ4n) is 2.16. The van der Waals surface area contributed by atoms with Gasteiger partial charge in [-0.3, -0.25) is 0 Å². The van der Waals surface area contributed by atoms with Gasteiger partial charge in [0.15, 0.2) is 0 Å². The SMILES string of the molecule is CCCCC(Nc1ccc(Br)cc1)c1ccccc1. The van der Waals surface area contributed by atoms with Crippen molar-refractivity contribution in [1.29, 1.82) is 0 Å². The number of nitrogens with one attached hydrogen (secondary N) is 1. The van der Waals surface area contributed by atoms with Crippen molar-refractivity contribution in [3.8, 4) is 0 Å². The minimum atomic E-state index is 0.391. The molecule has 0 fully saturated rings. The fourth-order valence-corrected chi connectivity index (χ4v) is 2.43. The normalized spacial score (nSPS) is 12.1. The molecular formula is C17H20BrN. The maximum Gasteiger partial charge on any atom is 0.0513 e. The number of hydrogen-bond acceptors (Lipinski definition) is 1. The Morgan fingerprint density at radius 3 is 2.32 bits per heavy atom. The predicted molar refractivity (Wildman–Crippen MR) is 86.5 cm³/mol. The molecule has 1 N–H and O–H groups in total. The van der Waals surface area contributed by atoms with Crippen LogP contribution in [0, 0.1) is 0 Å². The molecule has 0 amide bonds. The van der Waals surface area contributed by atoms with E-state index in [9.17, 15) is 0 Å². The average molecular weight is 318 g/mol. The third-order valence-corrected chi connectivity index (χ3v) is 3.76. The van der Waals surface area contributed by atoms with Gasteiger partial charge in [0.1, 0.15) is 0 Å². The molecule has 2 aromatic rings. The van der Waals surface area contributed by atoms with Gasteiger partial charge >= 0.3 is 0 Å². The van der Waals surface area contributed by atoms with Crippen LogP contribution in [0.25, 0.3) is 0 Å². The van der Waals surface area contributed by atoms with E-state index >= 15 is 0 Å². The molecule has 19 heavy (non-hydrogen) atoms. The first-order valence-electron chi connectivity index (χ1n) is 6.86. The quantitative estimate of drug-likeness (QED) is 0.710. The van der Waals surface area contributed by atoms with Gasteiger partial charge in [0.2, 0.25) is 0 Å². The molecule has 0 heterocycles. The minimum Gasteiger partial charge on any atom is -0.378 e. The zero-order chi connectivity index (χ0) is 13.5. The lowest BCUT2D eigenvalue weighted by Gasteiger charge is -2.20. The fraction of sp³-hybridized carbons (Fsp3) is 0.294. The topological polar surface area (TPSA) is 12.0 Å². The van der Waals surface area contributed by atoms with Gasteiger partial charge in [-0.1, -0.05) is 66.0 Å². The Morgan fingerprint density at radius 1 is 1.00 bits per heavy atom. The molecule has 2 rings (SSSR count). The van der Waals surface area contributed by atoms with Crippen LogP contribution in [0.2, 0.25) is 0 Å². The molecule has 0 radical (unpaired) electrons. The van der Waals surface area contributed by atoms with Crippen LogP contribution in [-0.4, -0.2) is 0 Å². The lowest BCUT2D eigenvalue weighted by molar-refractivity contribution is 0.634. The summed E-state index contributed by atoms with van der Waals surface area (Å²) in [6, 6.07) is 19.5. The summed E-state index contributed by atoms with van der Waals surface area (Å²) in [5, 5.41) is 3.64. The summed E-state index contributed by atoms with van der Waals surface area (Å²) in [7, 11) is 0. The van der Waals surface area contributed by atoms with Gasteiger partial charge in [0.05, 0.1) is 6.04 Å². The predicted octanol–water partition coefficient (Wildman–Crippen LogP) is 5.79. The van der Waals surface area contributed by atoms with Crippen molar-refractivity contribution in [2.75, 3.05) is 5.32 Å². The number of unbranched alkanes of at least 4 members (excludes halogenated alkanes) is 1. The first-order chi connectivity index (χ1) is 9.29. The van der Waals surface area contributed by atoms with Crippen LogP contribution in [0.3, 0.4) is 0 Å². The monoisotopic (exact) mass is 317 g/mol. The summed E-state index contributed by atoms with van der Waals surface area (Å²) >= 11 is 3.47. The Balaban J connectivity index is 2.11. The number of halogens is 1. The van der Waals surface area contributed by atoms with Gasteiger partial charge < -0.3 is 5.32 Å².